The number of non-ortho nitro benzene ring substituents is 1. The molecule has 6 nitrogen and oxygen atoms in total. The van der Waals surface area contributed by atoms with Crippen molar-refractivity contribution in [2.75, 3.05) is 5.32 Å². The number of rotatable bonds is 5. The van der Waals surface area contributed by atoms with Crippen LogP contribution in [0, 0.1) is 10.1 Å². The van der Waals surface area contributed by atoms with Crippen LogP contribution in [-0.2, 0) is 0 Å². The molecular formula is C18H14N4O2. The highest BCUT2D eigenvalue weighted by atomic mass is 16.6. The number of hydrogen-bond acceptors (Lipinski definition) is 5. The molecule has 0 amide bonds. The van der Waals surface area contributed by atoms with Gasteiger partial charge in [0.2, 0.25) is 0 Å². The van der Waals surface area contributed by atoms with Crippen LogP contribution in [-0.4, -0.2) is 4.92 Å². The Balaban J connectivity index is 1.95. The Morgan fingerprint density at radius 1 is 0.833 bits per heavy atom. The normalized spacial score (nSPS) is 10.7. The summed E-state index contributed by atoms with van der Waals surface area (Å²) in [6.45, 7) is 0. The molecule has 0 atom stereocenters. The molecule has 0 aliphatic heterocycles. The largest absolute Gasteiger partial charge is 0.354 e. The highest BCUT2D eigenvalue weighted by Gasteiger charge is 2.11. The van der Waals surface area contributed by atoms with Crippen LogP contribution in [0.25, 0.3) is 0 Å². The van der Waals surface area contributed by atoms with Crippen molar-refractivity contribution < 1.29 is 4.92 Å². The van der Waals surface area contributed by atoms with Crippen LogP contribution < -0.4 is 5.32 Å². The van der Waals surface area contributed by atoms with E-state index in [1.807, 2.05) is 60.7 Å². The van der Waals surface area contributed by atoms with E-state index in [9.17, 15) is 10.1 Å². The van der Waals surface area contributed by atoms with E-state index < -0.39 is 4.92 Å². The Kier molecular flexibility index (Phi) is 4.57. The predicted molar refractivity (Wildman–Crippen MR) is 93.4 cm³/mol. The number of nitrogens with one attached hydrogen (secondary N) is 1. The van der Waals surface area contributed by atoms with Gasteiger partial charge in [0, 0.05) is 17.8 Å². The second-order valence-corrected chi connectivity index (χ2v) is 4.99. The zero-order valence-corrected chi connectivity index (χ0v) is 12.7. The standard InChI is InChI=1S/C18H14N4O2/c23-22(24)16-11-12-17(21-20-15-9-5-2-6-10-15)18(13-16)19-14-7-3-1-4-8-14/h1-13,19H. The van der Waals surface area contributed by atoms with E-state index in [4.69, 9.17) is 0 Å². The summed E-state index contributed by atoms with van der Waals surface area (Å²) >= 11 is 0. The van der Waals surface area contributed by atoms with Gasteiger partial charge >= 0.3 is 0 Å². The van der Waals surface area contributed by atoms with Crippen molar-refractivity contribution in [1.29, 1.82) is 0 Å². The van der Waals surface area contributed by atoms with E-state index >= 15 is 0 Å². The third-order valence-electron chi connectivity index (χ3n) is 3.27. The molecule has 0 heterocycles. The minimum absolute atomic E-state index is 0.00732. The molecule has 0 spiro atoms. The Morgan fingerprint density at radius 2 is 1.50 bits per heavy atom. The zero-order chi connectivity index (χ0) is 16.8. The predicted octanol–water partition coefficient (Wildman–Crippen LogP) is 5.75. The first kappa shape index (κ1) is 15.4. The molecule has 1 N–H and O–H groups in total. The summed E-state index contributed by atoms with van der Waals surface area (Å²) in [5.41, 5.74) is 2.56. The smallest absolute Gasteiger partial charge is 0.271 e. The summed E-state index contributed by atoms with van der Waals surface area (Å²) in [5, 5.41) is 22.5. The fraction of sp³-hybridized carbons (Fsp3) is 0. The number of anilines is 2. The number of nitro benzene ring substituents is 1. The maximum absolute atomic E-state index is 11.0. The van der Waals surface area contributed by atoms with Crippen molar-refractivity contribution in [1.82, 2.24) is 0 Å². The Morgan fingerprint density at radius 3 is 2.17 bits per heavy atom. The molecule has 118 valence electrons. The van der Waals surface area contributed by atoms with Gasteiger partial charge in [0.1, 0.15) is 5.69 Å². The maximum atomic E-state index is 11.0. The summed E-state index contributed by atoms with van der Waals surface area (Å²) in [5.74, 6) is 0. The molecule has 3 aromatic carbocycles. The minimum atomic E-state index is -0.436. The van der Waals surface area contributed by atoms with Crippen LogP contribution in [0.15, 0.2) is 89.1 Å². The van der Waals surface area contributed by atoms with Gasteiger partial charge in [-0.15, -0.1) is 5.11 Å². The van der Waals surface area contributed by atoms with Crippen molar-refractivity contribution >= 4 is 28.4 Å². The van der Waals surface area contributed by atoms with Crippen LogP contribution in [0.4, 0.5) is 28.4 Å². The quantitative estimate of drug-likeness (QED) is 0.369. The molecular weight excluding hydrogens is 304 g/mol. The third-order valence-corrected chi connectivity index (χ3v) is 3.27. The fourth-order valence-corrected chi connectivity index (χ4v) is 2.11. The average Bonchev–Trinajstić information content (AvgIpc) is 2.62. The molecule has 0 saturated carbocycles. The van der Waals surface area contributed by atoms with Gasteiger partial charge in [-0.3, -0.25) is 10.1 Å². The summed E-state index contributed by atoms with van der Waals surface area (Å²) in [6.07, 6.45) is 0. The lowest BCUT2D eigenvalue weighted by atomic mass is 10.2. The maximum Gasteiger partial charge on any atom is 0.271 e. The topological polar surface area (TPSA) is 79.9 Å². The highest BCUT2D eigenvalue weighted by Crippen LogP contribution is 2.33. The lowest BCUT2D eigenvalue weighted by molar-refractivity contribution is -0.384. The molecule has 0 saturated heterocycles. The van der Waals surface area contributed by atoms with E-state index in [2.05, 4.69) is 15.5 Å². The van der Waals surface area contributed by atoms with E-state index in [0.717, 1.165) is 5.69 Å². The monoisotopic (exact) mass is 318 g/mol. The Bertz CT molecular complexity index is 865. The number of nitro groups is 1. The molecule has 0 aromatic heterocycles. The molecule has 0 unspecified atom stereocenters. The first-order chi connectivity index (χ1) is 11.7. The van der Waals surface area contributed by atoms with Crippen LogP contribution in [0.1, 0.15) is 0 Å². The van der Waals surface area contributed by atoms with Crippen molar-refractivity contribution in [3.05, 3.63) is 89.0 Å². The molecule has 0 radical (unpaired) electrons. The first-order valence-corrected chi connectivity index (χ1v) is 7.30. The number of hydrogen-bond donors (Lipinski definition) is 1. The molecule has 0 fully saturated rings. The number of para-hydroxylation sites is 1. The molecule has 0 bridgehead atoms. The first-order valence-electron chi connectivity index (χ1n) is 7.30. The number of azo groups is 1. The van der Waals surface area contributed by atoms with E-state index in [1.165, 1.54) is 12.1 Å². The molecule has 0 aliphatic carbocycles. The third kappa shape index (κ3) is 3.80. The number of benzene rings is 3. The highest BCUT2D eigenvalue weighted by molar-refractivity contribution is 5.74. The average molecular weight is 318 g/mol. The Labute approximate surface area is 138 Å². The van der Waals surface area contributed by atoms with Crippen LogP contribution in [0.3, 0.4) is 0 Å². The van der Waals surface area contributed by atoms with Gasteiger partial charge in [-0.25, -0.2) is 0 Å². The van der Waals surface area contributed by atoms with Crippen molar-refractivity contribution in [2.24, 2.45) is 10.2 Å². The minimum Gasteiger partial charge on any atom is -0.354 e. The van der Waals surface area contributed by atoms with E-state index in [1.54, 1.807) is 6.07 Å². The number of nitrogens with zero attached hydrogens (tertiary/aromatic N) is 3. The van der Waals surface area contributed by atoms with E-state index in [0.29, 0.717) is 17.1 Å². The Hall–Kier alpha value is -3.54. The van der Waals surface area contributed by atoms with Crippen LogP contribution in [0.2, 0.25) is 0 Å². The summed E-state index contributed by atoms with van der Waals surface area (Å²) < 4.78 is 0. The van der Waals surface area contributed by atoms with Crippen LogP contribution in [0.5, 0.6) is 0 Å². The molecule has 3 aromatic rings. The van der Waals surface area contributed by atoms with Gasteiger partial charge in [0.15, 0.2) is 0 Å². The van der Waals surface area contributed by atoms with Gasteiger partial charge in [-0.2, -0.15) is 5.11 Å². The van der Waals surface area contributed by atoms with Gasteiger partial charge in [0.25, 0.3) is 5.69 Å². The van der Waals surface area contributed by atoms with Gasteiger partial charge in [-0.05, 0) is 30.3 Å². The van der Waals surface area contributed by atoms with E-state index in [-0.39, 0.29) is 5.69 Å². The van der Waals surface area contributed by atoms with Crippen molar-refractivity contribution in [3.63, 3.8) is 0 Å². The summed E-state index contributed by atoms with van der Waals surface area (Å²) in [7, 11) is 0. The lowest BCUT2D eigenvalue weighted by Gasteiger charge is -2.08. The van der Waals surface area contributed by atoms with Crippen molar-refractivity contribution in [2.45, 2.75) is 0 Å². The van der Waals surface area contributed by atoms with Crippen molar-refractivity contribution in [3.8, 4) is 0 Å². The SMILES string of the molecule is O=[N+]([O-])c1ccc(N=Nc2ccccc2)c(Nc2ccccc2)c1. The molecule has 24 heavy (non-hydrogen) atoms. The fourth-order valence-electron chi connectivity index (χ4n) is 2.11. The summed E-state index contributed by atoms with van der Waals surface area (Å²) in [6, 6.07) is 23.1. The molecule has 0 aliphatic rings. The second-order valence-electron chi connectivity index (χ2n) is 4.99. The van der Waals surface area contributed by atoms with Gasteiger partial charge in [-0.1, -0.05) is 36.4 Å². The lowest BCUT2D eigenvalue weighted by Crippen LogP contribution is -1.93. The van der Waals surface area contributed by atoms with Gasteiger partial charge in [0.05, 0.1) is 16.3 Å². The summed E-state index contributed by atoms with van der Waals surface area (Å²) in [4.78, 5) is 10.6. The second kappa shape index (κ2) is 7.15. The van der Waals surface area contributed by atoms with Crippen LogP contribution >= 0.6 is 0 Å². The molecule has 3 rings (SSSR count). The molecule has 6 heteroatoms. The van der Waals surface area contributed by atoms with Gasteiger partial charge < -0.3 is 5.32 Å². The zero-order valence-electron chi connectivity index (χ0n) is 12.7.